The third kappa shape index (κ3) is 3.40. The zero-order valence-electron chi connectivity index (χ0n) is 11.9. The molecule has 1 aromatic rings. The summed E-state index contributed by atoms with van der Waals surface area (Å²) in [7, 11) is 1.02. The minimum absolute atomic E-state index is 0.114. The van der Waals surface area contributed by atoms with E-state index in [1.165, 1.54) is 6.92 Å². The molecule has 0 saturated heterocycles. The first kappa shape index (κ1) is 17.6. The number of hydrogen-bond acceptors (Lipinski definition) is 5. The van der Waals surface area contributed by atoms with Gasteiger partial charge in [0.25, 0.3) is 0 Å². The molecule has 1 aromatic carbocycles. The highest BCUT2D eigenvalue weighted by Gasteiger charge is 2.32. The Morgan fingerprint density at radius 1 is 0.826 bits per heavy atom. The normalized spacial score (nSPS) is 9.83. The summed E-state index contributed by atoms with van der Waals surface area (Å²) in [5, 5.41) is 36.0. The Hall–Kier alpha value is -3.50. The van der Waals surface area contributed by atoms with Gasteiger partial charge in [-0.3, -0.25) is 0 Å². The molecule has 0 aliphatic carbocycles. The van der Waals surface area contributed by atoms with E-state index >= 15 is 0 Å². The van der Waals surface area contributed by atoms with Crippen molar-refractivity contribution in [3.05, 3.63) is 17.7 Å². The van der Waals surface area contributed by atoms with Gasteiger partial charge in [0.05, 0.1) is 7.11 Å². The highest BCUT2D eigenvalue weighted by atomic mass is 16.5. The van der Waals surface area contributed by atoms with Crippen LogP contribution >= 0.6 is 0 Å². The first-order valence-electron chi connectivity index (χ1n) is 5.82. The lowest BCUT2D eigenvalue weighted by Crippen LogP contribution is -2.37. The Labute approximate surface area is 128 Å². The number of ether oxygens (including phenoxy) is 1. The molecule has 0 atom stereocenters. The van der Waals surface area contributed by atoms with E-state index in [0.29, 0.717) is 0 Å². The van der Waals surface area contributed by atoms with Crippen LogP contribution in [0.4, 0.5) is 30.6 Å². The van der Waals surface area contributed by atoms with E-state index in [1.54, 1.807) is 0 Å². The number of carboxylic acid groups (broad SMARTS) is 4. The van der Waals surface area contributed by atoms with Crippen molar-refractivity contribution in [3.8, 4) is 5.75 Å². The third-order valence-electron chi connectivity index (χ3n) is 2.65. The Bertz CT molecular complexity index is 604. The Kier molecular flexibility index (Phi) is 4.97. The van der Waals surface area contributed by atoms with Gasteiger partial charge in [-0.15, -0.1) is 0 Å². The minimum Gasteiger partial charge on any atom is -0.492 e. The van der Waals surface area contributed by atoms with Crippen LogP contribution < -0.4 is 14.5 Å². The molecule has 4 N–H and O–H groups in total. The van der Waals surface area contributed by atoms with Crippen molar-refractivity contribution in [1.29, 1.82) is 0 Å². The fourth-order valence-corrected chi connectivity index (χ4v) is 1.85. The van der Waals surface area contributed by atoms with E-state index in [2.05, 4.69) is 0 Å². The number of anilines is 2. The average molecular weight is 328 g/mol. The minimum atomic E-state index is -1.87. The van der Waals surface area contributed by atoms with Crippen LogP contribution in [0.25, 0.3) is 0 Å². The van der Waals surface area contributed by atoms with E-state index in [-0.39, 0.29) is 15.4 Å². The Morgan fingerprint density at radius 3 is 1.35 bits per heavy atom. The van der Waals surface area contributed by atoms with Crippen molar-refractivity contribution in [2.45, 2.75) is 6.92 Å². The largest absolute Gasteiger partial charge is 0.492 e. The quantitative estimate of drug-likeness (QED) is 0.651. The van der Waals surface area contributed by atoms with Crippen molar-refractivity contribution >= 4 is 35.7 Å². The monoisotopic (exact) mass is 328 g/mol. The summed E-state index contributed by atoms with van der Waals surface area (Å²) < 4.78 is 4.86. The molecule has 0 saturated carbocycles. The van der Waals surface area contributed by atoms with Crippen LogP contribution in [0.3, 0.4) is 0 Å². The summed E-state index contributed by atoms with van der Waals surface area (Å²) in [6.45, 7) is 1.40. The molecule has 0 unspecified atom stereocenters. The lowest BCUT2D eigenvalue weighted by atomic mass is 10.1. The smallest absolute Gasteiger partial charge is 0.421 e. The molecule has 11 nitrogen and oxygen atoms in total. The van der Waals surface area contributed by atoms with Crippen LogP contribution in [0.1, 0.15) is 5.56 Å². The molecular weight excluding hydrogens is 316 g/mol. The molecule has 0 radical (unpaired) electrons. The number of nitrogens with zero attached hydrogens (tertiary/aromatic N) is 2. The van der Waals surface area contributed by atoms with Gasteiger partial charge in [-0.25, -0.2) is 19.2 Å². The van der Waals surface area contributed by atoms with Crippen LogP contribution in [0.15, 0.2) is 12.1 Å². The topological polar surface area (TPSA) is 165 Å². The van der Waals surface area contributed by atoms with Gasteiger partial charge in [0.2, 0.25) is 0 Å². The molecule has 11 heteroatoms. The molecule has 1 rings (SSSR count). The number of methoxy groups -OCH3 is 1. The zero-order valence-corrected chi connectivity index (χ0v) is 11.9. The van der Waals surface area contributed by atoms with E-state index in [9.17, 15) is 19.2 Å². The maximum atomic E-state index is 11.1. The van der Waals surface area contributed by atoms with Crippen LogP contribution in [-0.2, 0) is 0 Å². The number of rotatable bonds is 3. The maximum Gasteiger partial charge on any atom is 0.421 e. The summed E-state index contributed by atoms with van der Waals surface area (Å²) >= 11 is 0. The number of hydrogen-bond donors (Lipinski definition) is 4. The van der Waals surface area contributed by atoms with Gasteiger partial charge < -0.3 is 25.2 Å². The van der Waals surface area contributed by atoms with Crippen LogP contribution in [0.5, 0.6) is 5.75 Å². The average Bonchev–Trinajstić information content (AvgIpc) is 2.36. The predicted molar refractivity (Wildman–Crippen MR) is 74.8 cm³/mol. The highest BCUT2D eigenvalue weighted by Crippen LogP contribution is 2.40. The molecule has 0 heterocycles. The number of carbonyl (C=O) groups is 4. The molecular formula is C12H12N2O9. The standard InChI is InChI=1S/C12H12N2O9/c1-5-3-6(13(9(15)16)10(17)18)8(23-2)7(4-5)14(11(19)20)12(21)22/h3-4H,1-2H3,(H,15,16)(H,17,18)(H,19,20)(H,21,22). The van der Waals surface area contributed by atoms with Gasteiger partial charge in [0, 0.05) is 0 Å². The number of imide groups is 2. The van der Waals surface area contributed by atoms with E-state index in [0.717, 1.165) is 19.2 Å². The summed E-state index contributed by atoms with van der Waals surface area (Å²) in [6.07, 6.45) is -7.48. The SMILES string of the molecule is COc1c(N(C(=O)O)C(=O)O)cc(C)cc1N(C(=O)O)C(=O)O. The van der Waals surface area contributed by atoms with Gasteiger partial charge in [-0.1, -0.05) is 0 Å². The molecule has 0 aliphatic heterocycles. The highest BCUT2D eigenvalue weighted by molar-refractivity contribution is 6.13. The van der Waals surface area contributed by atoms with E-state index < -0.39 is 41.5 Å². The van der Waals surface area contributed by atoms with Gasteiger partial charge in [-0.2, -0.15) is 9.80 Å². The van der Waals surface area contributed by atoms with Gasteiger partial charge in [0.1, 0.15) is 11.4 Å². The van der Waals surface area contributed by atoms with Crippen LogP contribution in [-0.4, -0.2) is 51.9 Å². The molecule has 4 amide bonds. The van der Waals surface area contributed by atoms with Gasteiger partial charge >= 0.3 is 24.4 Å². The van der Waals surface area contributed by atoms with Crippen molar-refractivity contribution in [2.24, 2.45) is 0 Å². The lowest BCUT2D eigenvalue weighted by molar-refractivity contribution is 0.182. The summed E-state index contributed by atoms with van der Waals surface area (Å²) in [5.41, 5.74) is -0.846. The molecule has 0 fully saturated rings. The van der Waals surface area contributed by atoms with Crippen LogP contribution in [0, 0.1) is 6.92 Å². The first-order valence-corrected chi connectivity index (χ1v) is 5.82. The molecule has 0 spiro atoms. The van der Waals surface area contributed by atoms with E-state index in [1.807, 2.05) is 0 Å². The summed E-state index contributed by atoms with van der Waals surface area (Å²) in [5.74, 6) is -0.537. The fourth-order valence-electron chi connectivity index (χ4n) is 1.85. The van der Waals surface area contributed by atoms with E-state index in [4.69, 9.17) is 25.2 Å². The Balaban J connectivity index is 3.75. The molecule has 0 bridgehead atoms. The van der Waals surface area contributed by atoms with Crippen molar-refractivity contribution in [2.75, 3.05) is 16.9 Å². The molecule has 0 aromatic heterocycles. The molecule has 23 heavy (non-hydrogen) atoms. The number of aryl methyl sites for hydroxylation is 1. The molecule has 0 aliphatic rings. The second-order valence-electron chi connectivity index (χ2n) is 4.14. The van der Waals surface area contributed by atoms with Gasteiger partial charge in [-0.05, 0) is 24.6 Å². The van der Waals surface area contributed by atoms with Crippen molar-refractivity contribution in [3.63, 3.8) is 0 Å². The predicted octanol–water partition coefficient (Wildman–Crippen LogP) is 2.33. The number of benzene rings is 1. The summed E-state index contributed by atoms with van der Waals surface area (Å²) in [6, 6.07) is 2.21. The van der Waals surface area contributed by atoms with Crippen molar-refractivity contribution in [1.82, 2.24) is 0 Å². The first-order chi connectivity index (χ1) is 10.6. The Morgan fingerprint density at radius 2 is 1.13 bits per heavy atom. The summed E-state index contributed by atoms with van der Waals surface area (Å²) in [4.78, 5) is 44.2. The second kappa shape index (κ2) is 6.51. The zero-order chi connectivity index (χ0) is 17.9. The van der Waals surface area contributed by atoms with Gasteiger partial charge in [0.15, 0.2) is 5.75 Å². The third-order valence-corrected chi connectivity index (χ3v) is 2.65. The lowest BCUT2D eigenvalue weighted by Gasteiger charge is -2.23. The van der Waals surface area contributed by atoms with Crippen molar-refractivity contribution < 1.29 is 44.3 Å². The van der Waals surface area contributed by atoms with Crippen LogP contribution in [0.2, 0.25) is 0 Å². The maximum absolute atomic E-state index is 11.1. The number of amides is 4. The second-order valence-corrected chi connectivity index (χ2v) is 4.14. The fraction of sp³-hybridized carbons (Fsp3) is 0.167. The molecule has 124 valence electrons.